The molecule has 0 atom stereocenters. The molecule has 10 rings (SSSR count). The highest BCUT2D eigenvalue weighted by Gasteiger charge is 2.44. The minimum Gasteiger partial charge on any atom is -0.0640 e. The monoisotopic (exact) mass is 835 g/mol. The molecule has 64 heavy (non-hydrogen) atoms. The van der Waals surface area contributed by atoms with Gasteiger partial charge >= 0.3 is 0 Å². The number of fused-ring (bicyclic) bond motifs is 6. The summed E-state index contributed by atoms with van der Waals surface area (Å²) >= 11 is 0. The fourth-order valence-corrected chi connectivity index (χ4v) is 13.7. The molecule has 0 amide bonds. The maximum atomic E-state index is 2.66. The minimum atomic E-state index is 0.158. The third kappa shape index (κ3) is 5.21. The average molecular weight is 835 g/mol. The highest BCUT2D eigenvalue weighted by atomic mass is 14.3. The van der Waals surface area contributed by atoms with Gasteiger partial charge in [-0.05, 0) is 255 Å². The maximum absolute atomic E-state index is 2.66. The Morgan fingerprint density at radius 1 is 0.312 bits per heavy atom. The van der Waals surface area contributed by atoms with E-state index in [1.54, 1.807) is 0 Å². The standard InChI is InChI=1S/C62H68B2/c1-27(2)49-26-50(63-59-41(17)33(9)29(5)37(13)53(59)54-38(14)30(6)34(10)42(18)60(54)63)47-22-21-45-25-51(52(28(3)4)48-24-23-46(49)58(47)57(45)48)64-61-43(19)35(11)31(7)39(15)55(61)56-40(16)32(8)36(12)44(20)62(56)64/h21-28H,1-20H3. The molecule has 2 aliphatic heterocycles. The van der Waals surface area contributed by atoms with Gasteiger partial charge in [-0.2, -0.15) is 0 Å². The molecule has 8 aromatic rings. The summed E-state index contributed by atoms with van der Waals surface area (Å²) < 4.78 is 0. The van der Waals surface area contributed by atoms with Crippen LogP contribution >= 0.6 is 0 Å². The lowest BCUT2D eigenvalue weighted by Crippen LogP contribution is -2.53. The van der Waals surface area contributed by atoms with Crippen LogP contribution in [0.2, 0.25) is 0 Å². The van der Waals surface area contributed by atoms with Gasteiger partial charge in [-0.15, -0.1) is 0 Å². The Labute approximate surface area is 385 Å². The van der Waals surface area contributed by atoms with Crippen LogP contribution in [0.4, 0.5) is 0 Å². The molecular formula is C62H68B2. The van der Waals surface area contributed by atoms with E-state index in [9.17, 15) is 0 Å². The first-order chi connectivity index (χ1) is 30.1. The van der Waals surface area contributed by atoms with Crippen LogP contribution in [0.1, 0.15) is 140 Å². The second kappa shape index (κ2) is 14.2. The van der Waals surface area contributed by atoms with Crippen LogP contribution in [-0.4, -0.2) is 13.4 Å². The summed E-state index contributed by atoms with van der Waals surface area (Å²) in [4.78, 5) is 0. The van der Waals surface area contributed by atoms with E-state index in [-0.39, 0.29) is 13.4 Å². The first-order valence-electron chi connectivity index (χ1n) is 24.3. The Bertz CT molecular complexity index is 3300. The van der Waals surface area contributed by atoms with E-state index in [0.29, 0.717) is 11.8 Å². The van der Waals surface area contributed by atoms with Gasteiger partial charge in [-0.25, -0.2) is 0 Å². The molecule has 0 saturated heterocycles. The molecule has 2 aliphatic rings. The molecule has 0 saturated carbocycles. The second-order valence-corrected chi connectivity index (χ2v) is 21.5. The minimum absolute atomic E-state index is 0.158. The number of hydrogen-bond acceptors (Lipinski definition) is 0. The van der Waals surface area contributed by atoms with Crippen LogP contribution in [0.5, 0.6) is 0 Å². The van der Waals surface area contributed by atoms with Gasteiger partial charge in [0.05, 0.1) is 0 Å². The van der Waals surface area contributed by atoms with Crippen molar-refractivity contribution < 1.29 is 0 Å². The van der Waals surface area contributed by atoms with Gasteiger partial charge in [0.1, 0.15) is 0 Å². The molecule has 0 aliphatic carbocycles. The van der Waals surface area contributed by atoms with Crippen LogP contribution in [0.15, 0.2) is 36.4 Å². The van der Waals surface area contributed by atoms with Gasteiger partial charge in [-0.3, -0.25) is 0 Å². The van der Waals surface area contributed by atoms with Crippen LogP contribution in [0, 0.1) is 111 Å². The van der Waals surface area contributed by atoms with Crippen LogP contribution < -0.4 is 32.8 Å². The van der Waals surface area contributed by atoms with Crippen LogP contribution in [0.3, 0.4) is 0 Å². The molecule has 2 heterocycles. The topological polar surface area (TPSA) is 0 Å². The van der Waals surface area contributed by atoms with E-state index in [0.717, 1.165) is 0 Å². The predicted molar refractivity (Wildman–Crippen MR) is 287 cm³/mol. The van der Waals surface area contributed by atoms with Crippen molar-refractivity contribution in [1.29, 1.82) is 0 Å². The average Bonchev–Trinajstić information content (AvgIpc) is 3.82. The molecule has 322 valence electrons. The zero-order valence-electron chi connectivity index (χ0n) is 42.8. The van der Waals surface area contributed by atoms with Gasteiger partial charge in [-0.1, -0.05) is 119 Å². The zero-order chi connectivity index (χ0) is 46.2. The van der Waals surface area contributed by atoms with Crippen molar-refractivity contribution in [3.8, 4) is 22.3 Å². The highest BCUT2D eigenvalue weighted by molar-refractivity contribution is 7.01. The smallest absolute Gasteiger partial charge is 0.0640 e. The lowest BCUT2D eigenvalue weighted by molar-refractivity contribution is 0.877. The van der Waals surface area contributed by atoms with E-state index >= 15 is 0 Å². The highest BCUT2D eigenvalue weighted by Crippen LogP contribution is 2.44. The predicted octanol–water partition coefficient (Wildman–Crippen LogP) is 12.8. The SMILES string of the molecule is Cc1c(C)c(C)c2c(c1C)B(c1cc3ccc4c(B5c6c(C)c(C)c(C)c(C)c6-c6c(C)c(C)c(C)c(C)c65)cc(C(C)C)c5ccc(c1C(C)C)c3c45)c1c(C)c(C)c(C)c(C)c1-2. The van der Waals surface area contributed by atoms with E-state index < -0.39 is 0 Å². The summed E-state index contributed by atoms with van der Waals surface area (Å²) in [6, 6.07) is 15.4. The molecule has 0 N–H and O–H groups in total. The molecular weight excluding hydrogens is 766 g/mol. The van der Waals surface area contributed by atoms with Gasteiger partial charge in [0.2, 0.25) is 13.4 Å². The Hall–Kier alpha value is -5.07. The summed E-state index contributed by atoms with van der Waals surface area (Å²) in [5.74, 6) is 0.704. The zero-order valence-corrected chi connectivity index (χ0v) is 42.8. The first-order valence-corrected chi connectivity index (χ1v) is 24.3. The molecule has 0 fully saturated rings. The van der Waals surface area contributed by atoms with Crippen molar-refractivity contribution in [2.75, 3.05) is 0 Å². The summed E-state index contributed by atoms with van der Waals surface area (Å²) in [5, 5.41) is 8.55. The summed E-state index contributed by atoms with van der Waals surface area (Å²) in [7, 11) is 0. The lowest BCUT2D eigenvalue weighted by atomic mass is 9.35. The number of hydrogen-bond donors (Lipinski definition) is 0. The quantitative estimate of drug-likeness (QED) is 0.122. The van der Waals surface area contributed by atoms with Gasteiger partial charge in [0, 0.05) is 0 Å². The van der Waals surface area contributed by atoms with E-state index in [1.807, 2.05) is 0 Å². The first kappa shape index (κ1) is 42.9. The summed E-state index contributed by atoms with van der Waals surface area (Å²) in [6.07, 6.45) is 0. The molecule has 2 heteroatoms. The van der Waals surface area contributed by atoms with E-state index in [2.05, 4.69) is 175 Å². The number of rotatable bonds is 4. The largest absolute Gasteiger partial charge is 0.244 e. The number of benzene rings is 8. The van der Waals surface area contributed by atoms with Gasteiger partial charge in [0.15, 0.2) is 0 Å². The normalized spacial score (nSPS) is 13.2. The molecule has 0 bridgehead atoms. The fraction of sp³-hybridized carbons (Fsp3) is 0.355. The van der Waals surface area contributed by atoms with E-state index in [4.69, 9.17) is 0 Å². The molecule has 0 spiro atoms. The van der Waals surface area contributed by atoms with Crippen LogP contribution in [0.25, 0.3) is 54.6 Å². The van der Waals surface area contributed by atoms with Crippen molar-refractivity contribution in [2.45, 2.75) is 150 Å². The third-order valence-corrected chi connectivity index (χ3v) is 18.5. The molecule has 0 unspecified atom stereocenters. The molecule has 8 aromatic carbocycles. The lowest BCUT2D eigenvalue weighted by Gasteiger charge is -2.28. The Morgan fingerprint density at radius 2 is 0.656 bits per heavy atom. The van der Waals surface area contributed by atoms with Crippen molar-refractivity contribution in [2.24, 2.45) is 0 Å². The summed E-state index contributed by atoms with van der Waals surface area (Å²) in [6.45, 7) is 48.1. The third-order valence-electron chi connectivity index (χ3n) is 18.5. The Balaban J connectivity index is 1.36. The second-order valence-electron chi connectivity index (χ2n) is 21.5. The fourth-order valence-electron chi connectivity index (χ4n) is 13.7. The molecule has 0 radical (unpaired) electrons. The molecule has 0 aromatic heterocycles. The van der Waals surface area contributed by atoms with Crippen molar-refractivity contribution in [1.82, 2.24) is 0 Å². The van der Waals surface area contributed by atoms with Crippen molar-refractivity contribution >= 4 is 78.5 Å². The van der Waals surface area contributed by atoms with Crippen molar-refractivity contribution in [3.05, 3.63) is 137 Å². The maximum Gasteiger partial charge on any atom is 0.244 e. The Morgan fingerprint density at radius 3 is 1.03 bits per heavy atom. The van der Waals surface area contributed by atoms with Crippen LogP contribution in [-0.2, 0) is 0 Å². The van der Waals surface area contributed by atoms with Gasteiger partial charge < -0.3 is 0 Å². The summed E-state index contributed by atoms with van der Waals surface area (Å²) in [5.41, 5.74) is 41.2. The Kier molecular flexibility index (Phi) is 9.52. The molecule has 0 nitrogen and oxygen atoms in total. The van der Waals surface area contributed by atoms with E-state index in [1.165, 1.54) is 187 Å². The van der Waals surface area contributed by atoms with Crippen molar-refractivity contribution in [3.63, 3.8) is 0 Å². The van der Waals surface area contributed by atoms with Gasteiger partial charge in [0.25, 0.3) is 0 Å².